The van der Waals surface area contributed by atoms with Gasteiger partial charge >= 0.3 is 0 Å². The highest BCUT2D eigenvalue weighted by Gasteiger charge is 2.15. The summed E-state index contributed by atoms with van der Waals surface area (Å²) in [6.07, 6.45) is 1.14. The second-order valence-electron chi connectivity index (χ2n) is 2.48. The molecule has 1 saturated heterocycles. The van der Waals surface area contributed by atoms with E-state index in [1.54, 1.807) is 0 Å². The highest BCUT2D eigenvalue weighted by Crippen LogP contribution is 2.09. The van der Waals surface area contributed by atoms with Crippen LogP contribution in [0, 0.1) is 0 Å². The molecule has 0 bridgehead atoms. The van der Waals surface area contributed by atoms with E-state index in [0.29, 0.717) is 12.6 Å². The van der Waals surface area contributed by atoms with Gasteiger partial charge in [0.2, 0.25) is 0 Å². The van der Waals surface area contributed by atoms with Crippen LogP contribution < -0.4 is 5.32 Å². The van der Waals surface area contributed by atoms with E-state index in [4.69, 9.17) is 0 Å². The molecule has 0 aromatic heterocycles. The SMILES string of the molecule is C[C@@H]1CC[C@H](F)CN1.Cl. The molecule has 1 N–H and O–H groups in total. The van der Waals surface area contributed by atoms with Crippen molar-refractivity contribution in [1.29, 1.82) is 0 Å². The Balaban J connectivity index is 0.000000640. The summed E-state index contributed by atoms with van der Waals surface area (Å²) in [6, 6.07) is 0.530. The van der Waals surface area contributed by atoms with Crippen LogP contribution in [0.4, 0.5) is 4.39 Å². The lowest BCUT2D eigenvalue weighted by molar-refractivity contribution is 0.239. The van der Waals surface area contributed by atoms with Crippen molar-refractivity contribution in [1.82, 2.24) is 5.32 Å². The number of rotatable bonds is 0. The van der Waals surface area contributed by atoms with Crippen molar-refractivity contribution in [2.24, 2.45) is 0 Å². The van der Waals surface area contributed by atoms with Gasteiger partial charge in [0.15, 0.2) is 0 Å². The largest absolute Gasteiger partial charge is 0.311 e. The first-order valence-corrected chi connectivity index (χ1v) is 3.16. The van der Waals surface area contributed by atoms with Gasteiger partial charge in [-0.05, 0) is 19.8 Å². The van der Waals surface area contributed by atoms with Gasteiger partial charge in [-0.2, -0.15) is 0 Å². The maximum Gasteiger partial charge on any atom is 0.113 e. The van der Waals surface area contributed by atoms with E-state index in [1.165, 1.54) is 0 Å². The van der Waals surface area contributed by atoms with Crippen LogP contribution in [0.25, 0.3) is 0 Å². The maximum absolute atomic E-state index is 12.3. The van der Waals surface area contributed by atoms with Crippen LogP contribution in [-0.2, 0) is 0 Å². The van der Waals surface area contributed by atoms with E-state index < -0.39 is 6.17 Å². The third kappa shape index (κ3) is 3.01. The number of alkyl halides is 1. The van der Waals surface area contributed by atoms with Crippen LogP contribution in [0.2, 0.25) is 0 Å². The summed E-state index contributed by atoms with van der Waals surface area (Å²) in [7, 11) is 0. The van der Waals surface area contributed by atoms with Crippen LogP contribution in [0.3, 0.4) is 0 Å². The fraction of sp³-hybridized carbons (Fsp3) is 1.00. The minimum atomic E-state index is -0.591. The molecule has 0 aromatic rings. The first-order chi connectivity index (χ1) is 3.79. The third-order valence-corrected chi connectivity index (χ3v) is 1.60. The van der Waals surface area contributed by atoms with E-state index in [0.717, 1.165) is 12.8 Å². The normalized spacial score (nSPS) is 35.3. The van der Waals surface area contributed by atoms with Crippen molar-refractivity contribution in [3.63, 3.8) is 0 Å². The quantitative estimate of drug-likeness (QED) is 0.557. The molecule has 1 heterocycles. The molecule has 0 radical (unpaired) electrons. The minimum absolute atomic E-state index is 0. The van der Waals surface area contributed by atoms with E-state index in [-0.39, 0.29) is 12.4 Å². The maximum atomic E-state index is 12.3. The van der Waals surface area contributed by atoms with E-state index >= 15 is 0 Å². The molecule has 9 heavy (non-hydrogen) atoms. The summed E-state index contributed by atoms with van der Waals surface area (Å²) < 4.78 is 12.3. The molecule has 0 aromatic carbocycles. The first kappa shape index (κ1) is 9.18. The molecule has 1 fully saturated rings. The van der Waals surface area contributed by atoms with Gasteiger partial charge in [-0.1, -0.05) is 0 Å². The van der Waals surface area contributed by atoms with Crippen LogP contribution >= 0.6 is 12.4 Å². The Morgan fingerprint density at radius 1 is 1.44 bits per heavy atom. The predicted octanol–water partition coefficient (Wildman–Crippen LogP) is 1.52. The molecule has 1 nitrogen and oxygen atoms in total. The molecular weight excluding hydrogens is 141 g/mol. The molecule has 0 aliphatic carbocycles. The number of hydrogen-bond donors (Lipinski definition) is 1. The Labute approximate surface area is 61.4 Å². The lowest BCUT2D eigenvalue weighted by atomic mass is 10.1. The second kappa shape index (κ2) is 4.07. The van der Waals surface area contributed by atoms with Gasteiger partial charge < -0.3 is 5.32 Å². The summed E-state index contributed by atoms with van der Waals surface area (Å²) in [4.78, 5) is 0. The molecule has 1 aliphatic heterocycles. The molecule has 0 spiro atoms. The fourth-order valence-corrected chi connectivity index (χ4v) is 0.964. The van der Waals surface area contributed by atoms with Crippen LogP contribution in [0.1, 0.15) is 19.8 Å². The van der Waals surface area contributed by atoms with Gasteiger partial charge in [0, 0.05) is 12.6 Å². The summed E-state index contributed by atoms with van der Waals surface area (Å²) in [5.41, 5.74) is 0. The van der Waals surface area contributed by atoms with E-state index in [2.05, 4.69) is 12.2 Å². The molecule has 1 rings (SSSR count). The smallest absolute Gasteiger partial charge is 0.113 e. The zero-order valence-electron chi connectivity index (χ0n) is 5.56. The monoisotopic (exact) mass is 153 g/mol. The van der Waals surface area contributed by atoms with Gasteiger partial charge in [-0.3, -0.25) is 0 Å². The van der Waals surface area contributed by atoms with Crippen molar-refractivity contribution < 1.29 is 4.39 Å². The summed E-state index contributed by atoms with van der Waals surface area (Å²) >= 11 is 0. The Morgan fingerprint density at radius 2 is 2.11 bits per heavy atom. The first-order valence-electron chi connectivity index (χ1n) is 3.16. The third-order valence-electron chi connectivity index (χ3n) is 1.60. The van der Waals surface area contributed by atoms with Gasteiger partial charge in [-0.15, -0.1) is 12.4 Å². The Bertz CT molecular complexity index is 61.5. The van der Waals surface area contributed by atoms with E-state index in [1.807, 2.05) is 0 Å². The zero-order valence-corrected chi connectivity index (χ0v) is 6.38. The van der Waals surface area contributed by atoms with Crippen molar-refractivity contribution in [2.45, 2.75) is 32.0 Å². The average Bonchev–Trinajstić information content (AvgIpc) is 1.77. The van der Waals surface area contributed by atoms with Gasteiger partial charge in [-0.25, -0.2) is 4.39 Å². The molecule has 0 saturated carbocycles. The van der Waals surface area contributed by atoms with Gasteiger partial charge in [0.1, 0.15) is 6.17 Å². The number of nitrogens with one attached hydrogen (secondary N) is 1. The molecular formula is C6H13ClFN. The summed E-state index contributed by atoms with van der Waals surface area (Å²) in [6.45, 7) is 2.65. The fourth-order valence-electron chi connectivity index (χ4n) is 0.964. The van der Waals surface area contributed by atoms with Crippen molar-refractivity contribution in [3.05, 3.63) is 0 Å². The Morgan fingerprint density at radius 3 is 2.44 bits per heavy atom. The lowest BCUT2D eigenvalue weighted by Gasteiger charge is -2.21. The summed E-state index contributed by atoms with van der Waals surface area (Å²) in [5.74, 6) is 0. The molecule has 56 valence electrons. The van der Waals surface area contributed by atoms with Gasteiger partial charge in [0.25, 0.3) is 0 Å². The van der Waals surface area contributed by atoms with E-state index in [9.17, 15) is 4.39 Å². The number of hydrogen-bond acceptors (Lipinski definition) is 1. The number of halogens is 2. The van der Waals surface area contributed by atoms with Crippen LogP contribution in [-0.4, -0.2) is 18.8 Å². The molecule has 1 aliphatic rings. The molecule has 0 amide bonds. The van der Waals surface area contributed by atoms with Crippen molar-refractivity contribution >= 4 is 12.4 Å². The van der Waals surface area contributed by atoms with Crippen molar-refractivity contribution in [2.75, 3.05) is 6.54 Å². The number of piperidine rings is 1. The van der Waals surface area contributed by atoms with Gasteiger partial charge in [0.05, 0.1) is 0 Å². The predicted molar refractivity (Wildman–Crippen MR) is 38.8 cm³/mol. The summed E-state index contributed by atoms with van der Waals surface area (Å²) in [5, 5.41) is 3.06. The Hall–Kier alpha value is 0.180. The lowest BCUT2D eigenvalue weighted by Crippen LogP contribution is -2.37. The average molecular weight is 154 g/mol. The Kier molecular flexibility index (Phi) is 4.15. The topological polar surface area (TPSA) is 12.0 Å². The molecule has 0 unspecified atom stereocenters. The van der Waals surface area contributed by atoms with Crippen LogP contribution in [0.5, 0.6) is 0 Å². The zero-order chi connectivity index (χ0) is 5.98. The van der Waals surface area contributed by atoms with Crippen LogP contribution in [0.15, 0.2) is 0 Å². The molecule has 2 atom stereocenters. The molecule has 3 heteroatoms. The second-order valence-corrected chi connectivity index (χ2v) is 2.48. The van der Waals surface area contributed by atoms with Crippen molar-refractivity contribution in [3.8, 4) is 0 Å². The highest BCUT2D eigenvalue weighted by atomic mass is 35.5. The highest BCUT2D eigenvalue weighted by molar-refractivity contribution is 5.85. The minimum Gasteiger partial charge on any atom is -0.311 e. The standard InChI is InChI=1S/C6H12FN.ClH/c1-5-2-3-6(7)4-8-5;/h5-6,8H,2-4H2,1H3;1H/t5-,6+;/m1./s1.